The number of ether oxygens (including phenoxy) is 2. The maximum absolute atomic E-state index is 12.5. The van der Waals surface area contributed by atoms with Crippen molar-refractivity contribution in [3.05, 3.63) is 53.1 Å². The lowest BCUT2D eigenvalue weighted by Crippen LogP contribution is -2.46. The molecule has 0 unspecified atom stereocenters. The van der Waals surface area contributed by atoms with E-state index in [1.165, 1.54) is 15.8 Å². The number of aromatic nitrogens is 1. The molecule has 0 aliphatic carbocycles. The van der Waals surface area contributed by atoms with Crippen LogP contribution in [0, 0.1) is 13.8 Å². The Morgan fingerprint density at radius 2 is 1.83 bits per heavy atom. The number of hydrogen-bond acceptors (Lipinski definition) is 5. The van der Waals surface area contributed by atoms with Gasteiger partial charge in [-0.15, -0.1) is 0 Å². The van der Waals surface area contributed by atoms with Gasteiger partial charge in [0.25, 0.3) is 5.19 Å². The van der Waals surface area contributed by atoms with Gasteiger partial charge in [0, 0.05) is 32.5 Å². The number of urea groups is 1. The Labute approximate surface area is 180 Å². The van der Waals surface area contributed by atoms with Crippen LogP contribution in [0.1, 0.15) is 29.5 Å². The number of carbonyl (C=O) groups excluding carboxylic acids is 1. The number of benzene rings is 2. The summed E-state index contributed by atoms with van der Waals surface area (Å²) in [7, 11) is 1.64. The van der Waals surface area contributed by atoms with Crippen LogP contribution < -0.4 is 14.8 Å². The predicted octanol–water partition coefficient (Wildman–Crippen LogP) is 4.67. The standard InChI is InChI=1S/C23H27N3O3S/c1-15-4-5-16(2)21-20(15)25-23(30-21)29-19-10-12-26(13-11-19)22(27)24-14-17-6-8-18(28-3)9-7-17/h4-9,19H,10-14H2,1-3H3,(H,24,27). The maximum Gasteiger partial charge on any atom is 0.317 e. The molecule has 158 valence electrons. The van der Waals surface area contributed by atoms with E-state index in [1.807, 2.05) is 29.2 Å². The van der Waals surface area contributed by atoms with Gasteiger partial charge in [0.15, 0.2) is 0 Å². The highest BCUT2D eigenvalue weighted by molar-refractivity contribution is 7.20. The lowest BCUT2D eigenvalue weighted by Gasteiger charge is -2.31. The summed E-state index contributed by atoms with van der Waals surface area (Å²) in [6.07, 6.45) is 1.71. The van der Waals surface area contributed by atoms with Gasteiger partial charge in [-0.2, -0.15) is 0 Å². The van der Waals surface area contributed by atoms with E-state index in [4.69, 9.17) is 14.5 Å². The molecule has 0 spiro atoms. The summed E-state index contributed by atoms with van der Waals surface area (Å²) in [5.41, 5.74) is 4.48. The molecule has 1 aliphatic heterocycles. The van der Waals surface area contributed by atoms with Crippen LogP contribution in [0.5, 0.6) is 10.9 Å². The van der Waals surface area contributed by atoms with E-state index in [0.717, 1.165) is 34.9 Å². The van der Waals surface area contributed by atoms with E-state index in [9.17, 15) is 4.79 Å². The fourth-order valence-corrected chi connectivity index (χ4v) is 4.67. The van der Waals surface area contributed by atoms with Gasteiger partial charge >= 0.3 is 6.03 Å². The van der Waals surface area contributed by atoms with E-state index in [2.05, 4.69) is 31.3 Å². The molecule has 2 aromatic carbocycles. The smallest absolute Gasteiger partial charge is 0.317 e. The highest BCUT2D eigenvalue weighted by Crippen LogP contribution is 2.33. The number of likely N-dealkylation sites (tertiary alicyclic amines) is 1. The summed E-state index contributed by atoms with van der Waals surface area (Å²) >= 11 is 1.61. The van der Waals surface area contributed by atoms with Crippen molar-refractivity contribution in [1.29, 1.82) is 0 Å². The first-order chi connectivity index (χ1) is 14.5. The maximum atomic E-state index is 12.5. The Kier molecular flexibility index (Phi) is 6.08. The molecule has 0 atom stereocenters. The number of nitrogens with zero attached hydrogens (tertiary/aromatic N) is 2. The second-order valence-electron chi connectivity index (χ2n) is 7.67. The lowest BCUT2D eigenvalue weighted by molar-refractivity contribution is 0.111. The van der Waals surface area contributed by atoms with E-state index in [-0.39, 0.29) is 12.1 Å². The fraction of sp³-hybridized carbons (Fsp3) is 0.391. The normalized spacial score (nSPS) is 14.7. The van der Waals surface area contributed by atoms with Crippen molar-refractivity contribution in [2.24, 2.45) is 0 Å². The average molecular weight is 426 g/mol. The summed E-state index contributed by atoms with van der Waals surface area (Å²) < 4.78 is 12.5. The first kappa shape index (κ1) is 20.5. The van der Waals surface area contributed by atoms with Crippen LogP contribution in [0.4, 0.5) is 4.79 Å². The zero-order valence-electron chi connectivity index (χ0n) is 17.6. The molecule has 1 aromatic heterocycles. The lowest BCUT2D eigenvalue weighted by atomic mass is 10.1. The van der Waals surface area contributed by atoms with Crippen LogP contribution >= 0.6 is 11.3 Å². The van der Waals surface area contributed by atoms with Crippen LogP contribution in [0.2, 0.25) is 0 Å². The van der Waals surface area contributed by atoms with Gasteiger partial charge in [0.2, 0.25) is 0 Å². The summed E-state index contributed by atoms with van der Waals surface area (Å²) in [5.74, 6) is 0.811. The Morgan fingerprint density at radius 1 is 1.13 bits per heavy atom. The van der Waals surface area contributed by atoms with E-state index < -0.39 is 0 Å². The number of thiazole rings is 1. The zero-order chi connectivity index (χ0) is 21.1. The van der Waals surface area contributed by atoms with Crippen LogP contribution in [0.15, 0.2) is 36.4 Å². The number of hydrogen-bond donors (Lipinski definition) is 1. The van der Waals surface area contributed by atoms with Crippen molar-refractivity contribution in [1.82, 2.24) is 15.2 Å². The zero-order valence-corrected chi connectivity index (χ0v) is 18.4. The molecule has 6 nitrogen and oxygen atoms in total. The number of aryl methyl sites for hydroxylation is 2. The molecule has 1 aliphatic rings. The molecule has 1 N–H and O–H groups in total. The van der Waals surface area contributed by atoms with Crippen molar-refractivity contribution < 1.29 is 14.3 Å². The number of rotatable bonds is 5. The molecule has 2 heterocycles. The number of methoxy groups -OCH3 is 1. The third kappa shape index (κ3) is 4.51. The molecule has 3 aromatic rings. The van der Waals surface area contributed by atoms with Crippen molar-refractivity contribution in [2.45, 2.75) is 39.3 Å². The first-order valence-electron chi connectivity index (χ1n) is 10.2. The second kappa shape index (κ2) is 8.92. The van der Waals surface area contributed by atoms with Gasteiger partial charge < -0.3 is 19.7 Å². The minimum Gasteiger partial charge on any atom is -0.497 e. The van der Waals surface area contributed by atoms with Crippen molar-refractivity contribution >= 4 is 27.6 Å². The number of fused-ring (bicyclic) bond motifs is 1. The van der Waals surface area contributed by atoms with Gasteiger partial charge in [0.1, 0.15) is 11.9 Å². The molecular formula is C23H27N3O3S. The van der Waals surface area contributed by atoms with Gasteiger partial charge in [-0.05, 0) is 42.7 Å². The summed E-state index contributed by atoms with van der Waals surface area (Å²) in [4.78, 5) is 19.0. The number of carbonyl (C=O) groups is 1. The highest BCUT2D eigenvalue weighted by atomic mass is 32.1. The van der Waals surface area contributed by atoms with Gasteiger partial charge in [-0.1, -0.05) is 35.6 Å². The van der Waals surface area contributed by atoms with Crippen LogP contribution in [-0.2, 0) is 6.54 Å². The SMILES string of the molecule is COc1ccc(CNC(=O)N2CCC(Oc3nc4c(C)ccc(C)c4s3)CC2)cc1. The monoisotopic (exact) mass is 425 g/mol. The van der Waals surface area contributed by atoms with Gasteiger partial charge in [0.05, 0.1) is 17.3 Å². The Morgan fingerprint density at radius 3 is 2.50 bits per heavy atom. The second-order valence-corrected chi connectivity index (χ2v) is 8.63. The molecule has 0 saturated carbocycles. The van der Waals surface area contributed by atoms with Gasteiger partial charge in [-0.25, -0.2) is 9.78 Å². The van der Waals surface area contributed by atoms with Crippen molar-refractivity contribution in [3.63, 3.8) is 0 Å². The van der Waals surface area contributed by atoms with E-state index in [1.54, 1.807) is 18.4 Å². The van der Waals surface area contributed by atoms with Crippen molar-refractivity contribution in [3.8, 4) is 10.9 Å². The molecule has 30 heavy (non-hydrogen) atoms. The van der Waals surface area contributed by atoms with Crippen LogP contribution in [0.3, 0.4) is 0 Å². The molecule has 1 fully saturated rings. The minimum atomic E-state index is -0.0319. The van der Waals surface area contributed by atoms with E-state index in [0.29, 0.717) is 19.6 Å². The summed E-state index contributed by atoms with van der Waals surface area (Å²) in [6, 6.07) is 11.9. The van der Waals surface area contributed by atoms with Crippen LogP contribution in [-0.4, -0.2) is 42.2 Å². The number of amides is 2. The molecule has 7 heteroatoms. The first-order valence-corrected chi connectivity index (χ1v) is 11.0. The number of piperidine rings is 1. The molecule has 2 amide bonds. The molecule has 1 saturated heterocycles. The Balaban J connectivity index is 1.27. The summed E-state index contributed by atoms with van der Waals surface area (Å²) in [6.45, 7) is 6.05. The highest BCUT2D eigenvalue weighted by Gasteiger charge is 2.25. The number of nitrogens with one attached hydrogen (secondary N) is 1. The molecule has 0 radical (unpaired) electrons. The van der Waals surface area contributed by atoms with Crippen LogP contribution in [0.25, 0.3) is 10.2 Å². The largest absolute Gasteiger partial charge is 0.497 e. The quantitative estimate of drug-likeness (QED) is 0.645. The van der Waals surface area contributed by atoms with E-state index >= 15 is 0 Å². The molecule has 0 bridgehead atoms. The predicted molar refractivity (Wildman–Crippen MR) is 120 cm³/mol. The minimum absolute atomic E-state index is 0.0319. The van der Waals surface area contributed by atoms with Gasteiger partial charge in [-0.3, -0.25) is 0 Å². The molecule has 4 rings (SSSR count). The Hall–Kier alpha value is -2.80. The Bertz CT molecular complexity index is 985. The summed E-state index contributed by atoms with van der Waals surface area (Å²) in [5, 5.41) is 3.72. The third-order valence-corrected chi connectivity index (χ3v) is 6.60. The average Bonchev–Trinajstić information content (AvgIpc) is 3.20. The van der Waals surface area contributed by atoms with Crippen molar-refractivity contribution in [2.75, 3.05) is 20.2 Å². The fourth-order valence-electron chi connectivity index (χ4n) is 3.64. The molecular weight excluding hydrogens is 398 g/mol. The topological polar surface area (TPSA) is 63.7 Å². The third-order valence-electron chi connectivity index (χ3n) is 5.52.